The van der Waals surface area contributed by atoms with Crippen LogP contribution in [0.1, 0.15) is 21.5 Å². The van der Waals surface area contributed by atoms with Gasteiger partial charge < -0.3 is 9.14 Å². The highest BCUT2D eigenvalue weighted by molar-refractivity contribution is 5.95. The average Bonchev–Trinajstić information content (AvgIpc) is 3.07. The van der Waals surface area contributed by atoms with Crippen molar-refractivity contribution < 1.29 is 22.7 Å². The number of carbonyl (C=O) groups is 1. The molecule has 8 heteroatoms. The maximum absolute atomic E-state index is 12.8. The Morgan fingerprint density at radius 1 is 1.11 bits per heavy atom. The molecule has 3 aromatic heterocycles. The smallest absolute Gasteiger partial charge is 0.417 e. The number of ether oxygens (including phenoxy) is 1. The van der Waals surface area contributed by atoms with Crippen LogP contribution in [0.3, 0.4) is 0 Å². The van der Waals surface area contributed by atoms with Gasteiger partial charge in [0.2, 0.25) is 0 Å². The van der Waals surface area contributed by atoms with Gasteiger partial charge in [-0.1, -0.05) is 0 Å². The number of hydrogen-bond donors (Lipinski definition) is 0. The summed E-state index contributed by atoms with van der Waals surface area (Å²) in [6, 6.07) is 9.14. The van der Waals surface area contributed by atoms with Gasteiger partial charge >= 0.3 is 12.1 Å². The molecule has 28 heavy (non-hydrogen) atoms. The van der Waals surface area contributed by atoms with Gasteiger partial charge in [-0.3, -0.25) is 4.98 Å². The SMILES string of the molecule is COC(=O)c1ccc2c(c1)nc(-c1ccc(C(F)(F)F)cn1)c1cc(C)cn12. The molecule has 0 aliphatic carbocycles. The zero-order chi connectivity index (χ0) is 20.1. The van der Waals surface area contributed by atoms with Crippen molar-refractivity contribution in [3.63, 3.8) is 0 Å². The zero-order valence-electron chi connectivity index (χ0n) is 14.9. The molecule has 0 unspecified atom stereocenters. The maximum Gasteiger partial charge on any atom is 0.417 e. The number of halogens is 3. The molecule has 4 rings (SSSR count). The number of pyridine rings is 1. The Morgan fingerprint density at radius 2 is 1.89 bits per heavy atom. The maximum atomic E-state index is 12.8. The van der Waals surface area contributed by atoms with E-state index in [1.54, 1.807) is 18.2 Å². The van der Waals surface area contributed by atoms with Gasteiger partial charge in [-0.15, -0.1) is 0 Å². The van der Waals surface area contributed by atoms with E-state index in [0.29, 0.717) is 28.0 Å². The van der Waals surface area contributed by atoms with Crippen LogP contribution in [0.25, 0.3) is 27.9 Å². The van der Waals surface area contributed by atoms with Gasteiger partial charge in [0.25, 0.3) is 0 Å². The van der Waals surface area contributed by atoms with Crippen LogP contribution in [0, 0.1) is 6.92 Å². The minimum atomic E-state index is -4.46. The van der Waals surface area contributed by atoms with E-state index in [1.807, 2.05) is 23.6 Å². The number of benzene rings is 1. The fourth-order valence-corrected chi connectivity index (χ4v) is 3.11. The van der Waals surface area contributed by atoms with Gasteiger partial charge in [0.05, 0.1) is 40.5 Å². The predicted molar refractivity (Wildman–Crippen MR) is 97.0 cm³/mol. The number of fused-ring (bicyclic) bond motifs is 3. The first-order valence-electron chi connectivity index (χ1n) is 8.32. The minimum Gasteiger partial charge on any atom is -0.465 e. The fraction of sp³-hybridized carbons (Fsp3) is 0.150. The van der Waals surface area contributed by atoms with Crippen molar-refractivity contribution in [2.45, 2.75) is 13.1 Å². The molecule has 0 fully saturated rings. The Hall–Kier alpha value is -3.42. The lowest BCUT2D eigenvalue weighted by Crippen LogP contribution is -2.06. The number of alkyl halides is 3. The molecule has 0 spiro atoms. The molecule has 0 aliphatic heterocycles. The van der Waals surface area contributed by atoms with Crippen molar-refractivity contribution in [2.75, 3.05) is 7.11 Å². The lowest BCUT2D eigenvalue weighted by atomic mass is 10.1. The van der Waals surface area contributed by atoms with Gasteiger partial charge in [-0.2, -0.15) is 13.2 Å². The molecule has 0 radical (unpaired) electrons. The van der Waals surface area contributed by atoms with Gasteiger partial charge in [0.1, 0.15) is 5.69 Å². The summed E-state index contributed by atoms with van der Waals surface area (Å²) in [6.07, 6.45) is -1.78. The Bertz CT molecular complexity index is 1210. The second-order valence-corrected chi connectivity index (χ2v) is 6.36. The van der Waals surface area contributed by atoms with Crippen LogP contribution < -0.4 is 0 Å². The molecule has 0 saturated carbocycles. The highest BCUT2D eigenvalue weighted by atomic mass is 19.4. The summed E-state index contributed by atoms with van der Waals surface area (Å²) in [6.45, 7) is 1.91. The molecule has 4 aromatic rings. The van der Waals surface area contributed by atoms with Gasteiger partial charge in [-0.05, 0) is 48.9 Å². The first-order chi connectivity index (χ1) is 13.3. The molecule has 1 aromatic carbocycles. The summed E-state index contributed by atoms with van der Waals surface area (Å²) in [7, 11) is 1.29. The molecule has 5 nitrogen and oxygen atoms in total. The zero-order valence-corrected chi connectivity index (χ0v) is 14.9. The molecule has 142 valence electrons. The summed E-state index contributed by atoms with van der Waals surface area (Å²) >= 11 is 0. The van der Waals surface area contributed by atoms with E-state index in [9.17, 15) is 18.0 Å². The lowest BCUT2D eigenvalue weighted by molar-refractivity contribution is -0.137. The quantitative estimate of drug-likeness (QED) is 0.471. The molecular weight excluding hydrogens is 371 g/mol. The Balaban J connectivity index is 1.96. The number of hydrogen-bond acceptors (Lipinski definition) is 4. The first kappa shape index (κ1) is 18.0. The second kappa shape index (κ2) is 6.33. The van der Waals surface area contributed by atoms with Crippen molar-refractivity contribution in [1.29, 1.82) is 0 Å². The topological polar surface area (TPSA) is 56.5 Å². The second-order valence-electron chi connectivity index (χ2n) is 6.36. The van der Waals surface area contributed by atoms with E-state index >= 15 is 0 Å². The van der Waals surface area contributed by atoms with Gasteiger partial charge in [0, 0.05) is 12.4 Å². The molecule has 0 amide bonds. The van der Waals surface area contributed by atoms with E-state index in [2.05, 4.69) is 9.97 Å². The van der Waals surface area contributed by atoms with Crippen LogP contribution in [-0.4, -0.2) is 27.4 Å². The first-order valence-corrected chi connectivity index (χ1v) is 8.32. The highest BCUT2D eigenvalue weighted by Gasteiger charge is 2.30. The third kappa shape index (κ3) is 2.96. The number of esters is 1. The number of aromatic nitrogens is 3. The Labute approximate surface area is 157 Å². The molecule has 0 bridgehead atoms. The van der Waals surface area contributed by atoms with E-state index in [0.717, 1.165) is 23.3 Å². The van der Waals surface area contributed by atoms with Crippen LogP contribution >= 0.6 is 0 Å². The summed E-state index contributed by atoms with van der Waals surface area (Å²) in [5.41, 5.74) is 3.17. The number of nitrogens with zero attached hydrogens (tertiary/aromatic N) is 3. The Kier molecular flexibility index (Phi) is 4.06. The summed E-state index contributed by atoms with van der Waals surface area (Å²) in [5.74, 6) is -0.498. The van der Waals surface area contributed by atoms with Crippen LogP contribution in [0.15, 0.2) is 48.8 Å². The van der Waals surface area contributed by atoms with E-state index in [1.165, 1.54) is 13.2 Å². The molecular formula is C20H14F3N3O2. The molecule has 0 saturated heterocycles. The summed E-state index contributed by atoms with van der Waals surface area (Å²) < 4.78 is 45.1. The van der Waals surface area contributed by atoms with E-state index in [-0.39, 0.29) is 0 Å². The van der Waals surface area contributed by atoms with Crippen molar-refractivity contribution in [2.24, 2.45) is 0 Å². The van der Waals surface area contributed by atoms with Crippen molar-refractivity contribution in [1.82, 2.24) is 14.4 Å². The highest BCUT2D eigenvalue weighted by Crippen LogP contribution is 2.31. The van der Waals surface area contributed by atoms with Crippen molar-refractivity contribution >= 4 is 22.5 Å². The molecule has 0 aliphatic rings. The summed E-state index contributed by atoms with van der Waals surface area (Å²) in [5, 5.41) is 0. The van der Waals surface area contributed by atoms with E-state index < -0.39 is 17.7 Å². The van der Waals surface area contributed by atoms with Crippen molar-refractivity contribution in [3.05, 3.63) is 65.5 Å². The largest absolute Gasteiger partial charge is 0.465 e. The third-order valence-corrected chi connectivity index (χ3v) is 4.42. The Morgan fingerprint density at radius 3 is 2.54 bits per heavy atom. The number of aryl methyl sites for hydroxylation is 1. The lowest BCUT2D eigenvalue weighted by Gasteiger charge is -2.10. The molecule has 0 N–H and O–H groups in total. The van der Waals surface area contributed by atoms with Crippen LogP contribution in [0.4, 0.5) is 13.2 Å². The van der Waals surface area contributed by atoms with Gasteiger partial charge in [-0.25, -0.2) is 9.78 Å². The number of methoxy groups -OCH3 is 1. The average molecular weight is 385 g/mol. The third-order valence-electron chi connectivity index (χ3n) is 4.42. The van der Waals surface area contributed by atoms with E-state index in [4.69, 9.17) is 4.74 Å². The van der Waals surface area contributed by atoms with Crippen LogP contribution in [-0.2, 0) is 10.9 Å². The molecule has 0 atom stereocenters. The molecule has 3 heterocycles. The fourth-order valence-electron chi connectivity index (χ4n) is 3.11. The predicted octanol–water partition coefficient (Wildman–Crippen LogP) is 4.66. The summed E-state index contributed by atoms with van der Waals surface area (Å²) in [4.78, 5) is 20.4. The van der Waals surface area contributed by atoms with Crippen molar-refractivity contribution in [3.8, 4) is 11.4 Å². The minimum absolute atomic E-state index is 0.307. The number of carbonyl (C=O) groups excluding carboxylic acids is 1. The normalized spacial score (nSPS) is 11.9. The monoisotopic (exact) mass is 385 g/mol. The van der Waals surface area contributed by atoms with Crippen LogP contribution in [0.2, 0.25) is 0 Å². The van der Waals surface area contributed by atoms with Gasteiger partial charge in [0.15, 0.2) is 0 Å². The number of rotatable bonds is 2. The standard InChI is InChI=1S/C20H14F3N3O2/c1-11-7-17-18(14-5-4-13(9-24-14)20(21,22)23)25-15-8-12(19(27)28-2)3-6-16(15)26(17)10-11/h3-10H,1-2H3. The van der Waals surface area contributed by atoms with Crippen LogP contribution in [0.5, 0.6) is 0 Å².